The van der Waals surface area contributed by atoms with E-state index in [0.29, 0.717) is 67.5 Å². The van der Waals surface area contributed by atoms with Crippen molar-refractivity contribution in [1.29, 1.82) is 0 Å². The van der Waals surface area contributed by atoms with Gasteiger partial charge in [0.1, 0.15) is 0 Å². The quantitative estimate of drug-likeness (QED) is 0.533. The van der Waals surface area contributed by atoms with Crippen molar-refractivity contribution in [3.63, 3.8) is 0 Å². The van der Waals surface area contributed by atoms with Crippen molar-refractivity contribution in [2.75, 3.05) is 32.9 Å². The van der Waals surface area contributed by atoms with Gasteiger partial charge in [0.15, 0.2) is 17.3 Å². The molecule has 2 aromatic rings. The summed E-state index contributed by atoms with van der Waals surface area (Å²) in [6, 6.07) is 3.52. The smallest absolute Gasteiger partial charge is 0.254 e. The van der Waals surface area contributed by atoms with Gasteiger partial charge in [0, 0.05) is 31.0 Å². The zero-order chi connectivity index (χ0) is 23.1. The first-order valence-corrected chi connectivity index (χ1v) is 11.6. The maximum absolute atomic E-state index is 13.3. The molecule has 176 valence electrons. The monoisotopic (exact) mass is 445 g/mol. The van der Waals surface area contributed by atoms with E-state index in [4.69, 9.17) is 18.7 Å². The predicted octanol–water partition coefficient (Wildman–Crippen LogP) is 4.48. The van der Waals surface area contributed by atoms with E-state index >= 15 is 0 Å². The van der Waals surface area contributed by atoms with Crippen molar-refractivity contribution < 1.29 is 23.5 Å². The highest BCUT2D eigenvalue weighted by Gasteiger charge is 2.27. The third kappa shape index (κ3) is 5.72. The van der Waals surface area contributed by atoms with Gasteiger partial charge in [-0.15, -0.1) is 0 Å². The molecule has 1 aromatic carbocycles. The summed E-state index contributed by atoms with van der Waals surface area (Å²) < 4.78 is 22.7. The Morgan fingerprint density at radius 1 is 1.06 bits per heavy atom. The number of piperidine rings is 1. The van der Waals surface area contributed by atoms with Crippen LogP contribution in [0.5, 0.6) is 17.2 Å². The number of carbonyl (C=O) groups excluding carboxylic acids is 1. The molecule has 1 aliphatic heterocycles. The third-order valence-corrected chi connectivity index (χ3v) is 5.52. The number of rotatable bonds is 10. The fourth-order valence-corrected chi connectivity index (χ4v) is 3.87. The van der Waals surface area contributed by atoms with E-state index in [2.05, 4.69) is 10.1 Å². The highest BCUT2D eigenvalue weighted by molar-refractivity contribution is 5.95. The molecule has 0 radical (unpaired) electrons. The van der Waals surface area contributed by atoms with E-state index in [-0.39, 0.29) is 11.8 Å². The van der Waals surface area contributed by atoms with Crippen molar-refractivity contribution >= 4 is 5.91 Å². The van der Waals surface area contributed by atoms with Crippen LogP contribution >= 0.6 is 0 Å². The molecule has 8 heteroatoms. The van der Waals surface area contributed by atoms with Crippen LogP contribution in [-0.2, 0) is 6.42 Å². The lowest BCUT2D eigenvalue weighted by Crippen LogP contribution is -2.39. The molecule has 0 bridgehead atoms. The molecule has 2 heterocycles. The van der Waals surface area contributed by atoms with E-state index < -0.39 is 0 Å². The van der Waals surface area contributed by atoms with Crippen LogP contribution in [0.4, 0.5) is 0 Å². The van der Waals surface area contributed by atoms with Gasteiger partial charge in [-0.2, -0.15) is 4.98 Å². The van der Waals surface area contributed by atoms with Gasteiger partial charge in [-0.3, -0.25) is 4.79 Å². The van der Waals surface area contributed by atoms with Gasteiger partial charge in [-0.05, 0) is 51.7 Å². The lowest BCUT2D eigenvalue weighted by atomic mass is 9.93. The Kier molecular flexibility index (Phi) is 8.36. The first-order valence-electron chi connectivity index (χ1n) is 11.6. The Morgan fingerprint density at radius 3 is 2.16 bits per heavy atom. The highest BCUT2D eigenvalue weighted by atomic mass is 16.5. The van der Waals surface area contributed by atoms with Crippen LogP contribution in [0.25, 0.3) is 0 Å². The maximum Gasteiger partial charge on any atom is 0.254 e. The van der Waals surface area contributed by atoms with Crippen LogP contribution < -0.4 is 14.2 Å². The van der Waals surface area contributed by atoms with Crippen molar-refractivity contribution in [1.82, 2.24) is 15.0 Å². The summed E-state index contributed by atoms with van der Waals surface area (Å²) >= 11 is 0. The molecule has 0 aliphatic carbocycles. The lowest BCUT2D eigenvalue weighted by molar-refractivity contribution is 0.0686. The van der Waals surface area contributed by atoms with Crippen molar-refractivity contribution in [2.24, 2.45) is 5.92 Å². The average Bonchev–Trinajstić information content (AvgIpc) is 3.25. The van der Waals surface area contributed by atoms with Gasteiger partial charge < -0.3 is 23.6 Å². The van der Waals surface area contributed by atoms with E-state index in [1.165, 1.54) is 0 Å². The van der Waals surface area contributed by atoms with Gasteiger partial charge in [0.05, 0.1) is 19.8 Å². The fraction of sp³-hybridized carbons (Fsp3) is 0.625. The second kappa shape index (κ2) is 11.2. The average molecular weight is 446 g/mol. The van der Waals surface area contributed by atoms with Gasteiger partial charge in [-0.25, -0.2) is 0 Å². The molecule has 32 heavy (non-hydrogen) atoms. The summed E-state index contributed by atoms with van der Waals surface area (Å²) in [6.07, 6.45) is 2.56. The van der Waals surface area contributed by atoms with Crippen molar-refractivity contribution in [3.8, 4) is 17.2 Å². The zero-order valence-electron chi connectivity index (χ0n) is 19.8. The van der Waals surface area contributed by atoms with Crippen LogP contribution in [0.1, 0.15) is 75.5 Å². The first kappa shape index (κ1) is 23.9. The van der Waals surface area contributed by atoms with Gasteiger partial charge >= 0.3 is 0 Å². The standard InChI is InChI=1S/C24H35N3O5/c1-6-29-19-14-18(15-20(30-7-2)22(19)31-8-3)24(28)27-11-9-17(10-12-27)13-21-25-23(16(4)5)26-32-21/h14-17H,6-13H2,1-5H3. The molecule has 0 unspecified atom stereocenters. The van der Waals surface area contributed by atoms with E-state index in [0.717, 1.165) is 25.1 Å². The molecule has 0 N–H and O–H groups in total. The van der Waals surface area contributed by atoms with Gasteiger partial charge in [0.25, 0.3) is 5.91 Å². The van der Waals surface area contributed by atoms with Crippen LogP contribution in [0, 0.1) is 5.92 Å². The Morgan fingerprint density at radius 2 is 1.66 bits per heavy atom. The first-order chi connectivity index (χ1) is 15.5. The second-order valence-electron chi connectivity index (χ2n) is 8.24. The summed E-state index contributed by atoms with van der Waals surface area (Å²) in [5, 5.41) is 4.05. The molecule has 1 aliphatic rings. The number of carbonyl (C=O) groups is 1. The fourth-order valence-electron chi connectivity index (χ4n) is 3.87. The number of aromatic nitrogens is 2. The Bertz CT molecular complexity index is 861. The normalized spacial score (nSPS) is 14.6. The number of ether oxygens (including phenoxy) is 3. The number of hydrogen-bond donors (Lipinski definition) is 0. The summed E-state index contributed by atoms with van der Waals surface area (Å²) in [6.45, 7) is 12.6. The van der Waals surface area contributed by atoms with Gasteiger partial charge in [-0.1, -0.05) is 19.0 Å². The zero-order valence-corrected chi connectivity index (χ0v) is 19.8. The van der Waals surface area contributed by atoms with Crippen LogP contribution in [0.3, 0.4) is 0 Å². The summed E-state index contributed by atoms with van der Waals surface area (Å²) in [5.41, 5.74) is 0.553. The molecule has 1 amide bonds. The van der Waals surface area contributed by atoms with E-state index in [1.54, 1.807) is 12.1 Å². The minimum atomic E-state index is -0.0201. The number of nitrogens with zero attached hydrogens (tertiary/aromatic N) is 3. The largest absolute Gasteiger partial charge is 0.490 e. The second-order valence-corrected chi connectivity index (χ2v) is 8.24. The van der Waals surface area contributed by atoms with Gasteiger partial charge in [0.2, 0.25) is 11.6 Å². The van der Waals surface area contributed by atoms with Crippen LogP contribution in [-0.4, -0.2) is 53.9 Å². The molecule has 0 atom stereocenters. The molecular weight excluding hydrogens is 410 g/mol. The van der Waals surface area contributed by atoms with Crippen molar-refractivity contribution in [2.45, 2.75) is 59.8 Å². The number of likely N-dealkylation sites (tertiary alicyclic amines) is 1. The Hall–Kier alpha value is -2.77. The number of hydrogen-bond acceptors (Lipinski definition) is 7. The summed E-state index contributed by atoms with van der Waals surface area (Å²) in [4.78, 5) is 19.6. The third-order valence-electron chi connectivity index (χ3n) is 5.52. The molecule has 0 saturated carbocycles. The number of amides is 1. The SMILES string of the molecule is CCOc1cc(C(=O)N2CCC(Cc3nc(C(C)C)no3)CC2)cc(OCC)c1OCC. The summed E-state index contributed by atoms with van der Waals surface area (Å²) in [7, 11) is 0. The highest BCUT2D eigenvalue weighted by Crippen LogP contribution is 2.39. The molecule has 0 spiro atoms. The Balaban J connectivity index is 1.68. The molecule has 1 saturated heterocycles. The van der Waals surface area contributed by atoms with Crippen molar-refractivity contribution in [3.05, 3.63) is 29.4 Å². The molecular formula is C24H35N3O5. The minimum absolute atomic E-state index is 0.0201. The molecule has 1 aromatic heterocycles. The predicted molar refractivity (Wildman–Crippen MR) is 121 cm³/mol. The molecule has 8 nitrogen and oxygen atoms in total. The number of benzene rings is 1. The topological polar surface area (TPSA) is 86.9 Å². The molecule has 1 fully saturated rings. The van der Waals surface area contributed by atoms with E-state index in [1.807, 2.05) is 39.5 Å². The van der Waals surface area contributed by atoms with Crippen LogP contribution in [0.2, 0.25) is 0 Å². The summed E-state index contributed by atoms with van der Waals surface area (Å²) in [5.74, 6) is 3.72. The minimum Gasteiger partial charge on any atom is -0.490 e. The van der Waals surface area contributed by atoms with E-state index in [9.17, 15) is 4.79 Å². The molecule has 3 rings (SSSR count). The Labute approximate surface area is 190 Å². The lowest BCUT2D eigenvalue weighted by Gasteiger charge is -2.31. The maximum atomic E-state index is 13.3. The van der Waals surface area contributed by atoms with Crippen LogP contribution in [0.15, 0.2) is 16.7 Å².